The fraction of sp³-hybridized carbons (Fsp3) is 0.133. The first-order chi connectivity index (χ1) is 12.3. The Hall–Kier alpha value is -2.69. The van der Waals surface area contributed by atoms with Gasteiger partial charge in [-0.05, 0) is 18.2 Å². The van der Waals surface area contributed by atoms with Gasteiger partial charge in [0.2, 0.25) is 0 Å². The number of halogens is 1. The highest BCUT2D eigenvalue weighted by Crippen LogP contribution is 2.36. The summed E-state index contributed by atoms with van der Waals surface area (Å²) in [5, 5.41) is 21.1. The number of para-hydroxylation sites is 1. The number of benzene rings is 1. The van der Waals surface area contributed by atoms with Crippen molar-refractivity contribution in [3.63, 3.8) is 0 Å². The van der Waals surface area contributed by atoms with Crippen LogP contribution in [0.2, 0.25) is 5.15 Å². The molecule has 1 aromatic carbocycles. The molecule has 0 saturated heterocycles. The molecule has 1 N–H and O–H groups in total. The number of hydrogen-bond acceptors (Lipinski definition) is 7. The maximum Gasteiger partial charge on any atom is 0.322 e. The number of aromatic nitrogens is 4. The Balaban J connectivity index is 2.08. The monoisotopic (exact) mass is 395 g/mol. The summed E-state index contributed by atoms with van der Waals surface area (Å²) in [6, 6.07) is 9.40. The summed E-state index contributed by atoms with van der Waals surface area (Å²) >= 11 is 5.66. The van der Waals surface area contributed by atoms with Crippen molar-refractivity contribution < 1.29 is 18.3 Å². The second-order valence-electron chi connectivity index (χ2n) is 5.31. The maximum absolute atomic E-state index is 12.5. The molecule has 0 spiro atoms. The first kappa shape index (κ1) is 18.1. The van der Waals surface area contributed by atoms with Crippen molar-refractivity contribution in [3.8, 4) is 28.6 Å². The van der Waals surface area contributed by atoms with Gasteiger partial charge in [-0.3, -0.25) is 0 Å². The van der Waals surface area contributed by atoms with E-state index in [2.05, 4.69) is 15.3 Å². The fourth-order valence-corrected chi connectivity index (χ4v) is 3.15. The Kier molecular flexibility index (Phi) is 4.81. The van der Waals surface area contributed by atoms with Gasteiger partial charge in [0.1, 0.15) is 5.75 Å². The molecule has 0 radical (unpaired) electrons. The largest absolute Gasteiger partial charge is 0.503 e. The van der Waals surface area contributed by atoms with Crippen LogP contribution in [0, 0.1) is 0 Å². The van der Waals surface area contributed by atoms with Crippen LogP contribution in [0.15, 0.2) is 42.6 Å². The van der Waals surface area contributed by atoms with E-state index in [4.69, 9.17) is 16.3 Å². The zero-order valence-corrected chi connectivity index (χ0v) is 15.3. The lowest BCUT2D eigenvalue weighted by Gasteiger charge is -2.15. The molecule has 136 valence electrons. The maximum atomic E-state index is 12.5. The molecule has 0 bridgehead atoms. The van der Waals surface area contributed by atoms with Crippen LogP contribution in [0.3, 0.4) is 0 Å². The van der Waals surface area contributed by atoms with Crippen LogP contribution < -0.4 is 4.74 Å². The van der Waals surface area contributed by atoms with Gasteiger partial charge in [-0.2, -0.15) is 17.8 Å². The molecule has 2 heterocycles. The summed E-state index contributed by atoms with van der Waals surface area (Å²) in [7, 11) is -1.01. The van der Waals surface area contributed by atoms with Crippen molar-refractivity contribution in [2.24, 2.45) is 0 Å². The Morgan fingerprint density at radius 2 is 1.92 bits per heavy atom. The van der Waals surface area contributed by atoms with E-state index in [9.17, 15) is 13.5 Å². The third-order valence-electron chi connectivity index (χ3n) is 3.37. The summed E-state index contributed by atoms with van der Waals surface area (Å²) in [5.74, 6) is -0.201. The molecule has 0 aliphatic heterocycles. The highest BCUT2D eigenvalue weighted by atomic mass is 35.5. The molecule has 0 aliphatic carbocycles. The second-order valence-corrected chi connectivity index (χ2v) is 7.66. The second kappa shape index (κ2) is 6.90. The van der Waals surface area contributed by atoms with E-state index in [1.54, 1.807) is 24.3 Å². The van der Waals surface area contributed by atoms with Crippen LogP contribution in [0.1, 0.15) is 0 Å². The van der Waals surface area contributed by atoms with Gasteiger partial charge in [0.25, 0.3) is 5.88 Å². The minimum absolute atomic E-state index is 0.0123. The van der Waals surface area contributed by atoms with Gasteiger partial charge in [0.15, 0.2) is 10.9 Å². The predicted octanol–water partition coefficient (Wildman–Crippen LogP) is 2.15. The zero-order chi connectivity index (χ0) is 18.9. The summed E-state index contributed by atoms with van der Waals surface area (Å²) in [5.41, 5.74) is 0.724. The standard InChI is InChI=1S/C15H14ClN5O4S/c1-20(2)26(23,24)21-11(7-8-17-21)10-5-3-4-6-13(10)25-15-12(22)9-14(16)18-19-15/h3-9H,1-2H3,(H,18,22). The molecule has 0 saturated carbocycles. The molecule has 0 atom stereocenters. The third-order valence-corrected chi connectivity index (χ3v) is 5.21. The number of aromatic hydroxyl groups is 1. The van der Waals surface area contributed by atoms with Crippen LogP contribution in [-0.4, -0.2) is 51.3 Å². The SMILES string of the molecule is CN(C)S(=O)(=O)n1nccc1-c1ccccc1Oc1nnc(Cl)cc1O. The molecule has 26 heavy (non-hydrogen) atoms. The van der Waals surface area contributed by atoms with Crippen LogP contribution in [-0.2, 0) is 10.2 Å². The van der Waals surface area contributed by atoms with Crippen LogP contribution >= 0.6 is 11.6 Å². The van der Waals surface area contributed by atoms with Gasteiger partial charge >= 0.3 is 10.2 Å². The van der Waals surface area contributed by atoms with Gasteiger partial charge in [-0.15, -0.1) is 14.3 Å². The van der Waals surface area contributed by atoms with Crippen molar-refractivity contribution in [1.29, 1.82) is 0 Å². The minimum Gasteiger partial charge on any atom is -0.503 e. The molecular formula is C15H14ClN5O4S. The Bertz CT molecular complexity index is 1050. The predicted molar refractivity (Wildman–Crippen MR) is 94.4 cm³/mol. The van der Waals surface area contributed by atoms with Gasteiger partial charge in [0, 0.05) is 25.7 Å². The molecule has 0 fully saturated rings. The van der Waals surface area contributed by atoms with Crippen LogP contribution in [0.4, 0.5) is 0 Å². The van der Waals surface area contributed by atoms with Gasteiger partial charge in [-0.1, -0.05) is 23.7 Å². The summed E-state index contributed by atoms with van der Waals surface area (Å²) in [4.78, 5) is 0. The van der Waals surface area contributed by atoms with Crippen LogP contribution in [0.25, 0.3) is 11.3 Å². The van der Waals surface area contributed by atoms with E-state index in [1.165, 1.54) is 32.4 Å². The lowest BCUT2D eigenvalue weighted by Crippen LogP contribution is -2.30. The van der Waals surface area contributed by atoms with Gasteiger partial charge in [-0.25, -0.2) is 0 Å². The number of nitrogens with zero attached hydrogens (tertiary/aromatic N) is 5. The minimum atomic E-state index is -3.83. The van der Waals surface area contributed by atoms with E-state index in [1.807, 2.05) is 0 Å². The van der Waals surface area contributed by atoms with E-state index >= 15 is 0 Å². The Labute approximate surface area is 154 Å². The molecule has 11 heteroatoms. The fourth-order valence-electron chi connectivity index (χ4n) is 2.11. The molecule has 0 unspecified atom stereocenters. The number of rotatable bonds is 5. The van der Waals surface area contributed by atoms with Crippen LogP contribution in [0.5, 0.6) is 17.4 Å². The Morgan fingerprint density at radius 3 is 2.62 bits per heavy atom. The van der Waals surface area contributed by atoms with E-state index < -0.39 is 10.2 Å². The summed E-state index contributed by atoms with van der Waals surface area (Å²) in [6.07, 6.45) is 1.37. The smallest absolute Gasteiger partial charge is 0.322 e. The highest BCUT2D eigenvalue weighted by molar-refractivity contribution is 7.87. The first-order valence-electron chi connectivity index (χ1n) is 7.27. The van der Waals surface area contributed by atoms with E-state index in [0.29, 0.717) is 5.56 Å². The normalized spacial score (nSPS) is 11.7. The molecule has 0 aliphatic rings. The molecule has 2 aromatic heterocycles. The lowest BCUT2D eigenvalue weighted by atomic mass is 10.1. The Morgan fingerprint density at radius 1 is 1.19 bits per heavy atom. The molecule has 0 amide bonds. The van der Waals surface area contributed by atoms with E-state index in [-0.39, 0.29) is 28.2 Å². The average molecular weight is 396 g/mol. The number of hydrogen-bond donors (Lipinski definition) is 1. The lowest BCUT2D eigenvalue weighted by molar-refractivity contribution is 0.392. The zero-order valence-electron chi connectivity index (χ0n) is 13.7. The third kappa shape index (κ3) is 3.34. The quantitative estimate of drug-likeness (QED) is 0.704. The van der Waals surface area contributed by atoms with E-state index in [0.717, 1.165) is 8.39 Å². The topological polar surface area (TPSA) is 110 Å². The molecule has 9 nitrogen and oxygen atoms in total. The molecule has 3 aromatic rings. The molecular weight excluding hydrogens is 382 g/mol. The summed E-state index contributed by atoms with van der Waals surface area (Å²) < 4.78 is 32.5. The average Bonchev–Trinajstić information content (AvgIpc) is 3.08. The van der Waals surface area contributed by atoms with Crippen molar-refractivity contribution in [2.75, 3.05) is 14.1 Å². The van der Waals surface area contributed by atoms with Gasteiger partial charge < -0.3 is 9.84 Å². The van der Waals surface area contributed by atoms with Crippen molar-refractivity contribution in [2.45, 2.75) is 0 Å². The van der Waals surface area contributed by atoms with Gasteiger partial charge in [0.05, 0.1) is 11.9 Å². The summed E-state index contributed by atoms with van der Waals surface area (Å²) in [6.45, 7) is 0. The highest BCUT2D eigenvalue weighted by Gasteiger charge is 2.23. The number of ether oxygens (including phenoxy) is 1. The van der Waals surface area contributed by atoms with Crippen molar-refractivity contribution >= 4 is 21.8 Å². The first-order valence-corrected chi connectivity index (χ1v) is 9.04. The van der Waals surface area contributed by atoms with Crippen molar-refractivity contribution in [1.82, 2.24) is 23.7 Å². The van der Waals surface area contributed by atoms with Crippen molar-refractivity contribution in [3.05, 3.63) is 47.7 Å². The molecule has 3 rings (SSSR count).